The fourth-order valence-electron chi connectivity index (χ4n) is 2.91. The summed E-state index contributed by atoms with van der Waals surface area (Å²) < 4.78 is 1.77. The molecule has 2 aromatic carbocycles. The number of benzene rings is 2. The Kier molecular flexibility index (Phi) is 7.00. The second-order valence-corrected chi connectivity index (χ2v) is 6.84. The lowest BCUT2D eigenvalue weighted by Gasteiger charge is -2.12. The molecule has 0 saturated carbocycles. The molecule has 1 heterocycles. The molecule has 30 heavy (non-hydrogen) atoms. The van der Waals surface area contributed by atoms with Crippen LogP contribution in [0.2, 0.25) is 5.02 Å². The van der Waals surface area contributed by atoms with Crippen LogP contribution in [0.15, 0.2) is 66.9 Å². The van der Waals surface area contributed by atoms with Crippen molar-refractivity contribution in [2.45, 2.75) is 6.54 Å². The average molecular weight is 416 g/mol. The SMILES string of the molecule is N#CCN(CC#N)C(=O)/C=C\c1cn(Cc2ccccc2Cl)nc1-c1ccccc1. The van der Waals surface area contributed by atoms with Gasteiger partial charge >= 0.3 is 0 Å². The van der Waals surface area contributed by atoms with E-state index in [1.807, 2.05) is 72.9 Å². The Morgan fingerprint density at radius 1 is 1.07 bits per heavy atom. The first kappa shape index (κ1) is 20.9. The number of nitriles is 2. The van der Waals surface area contributed by atoms with E-state index in [9.17, 15) is 4.79 Å². The van der Waals surface area contributed by atoms with Gasteiger partial charge in [-0.1, -0.05) is 60.1 Å². The number of hydrogen-bond acceptors (Lipinski definition) is 4. The number of hydrogen-bond donors (Lipinski definition) is 0. The Balaban J connectivity index is 1.93. The maximum Gasteiger partial charge on any atom is 0.248 e. The van der Waals surface area contributed by atoms with E-state index in [0.717, 1.165) is 22.4 Å². The first-order valence-electron chi connectivity index (χ1n) is 9.19. The van der Waals surface area contributed by atoms with Gasteiger partial charge in [-0.05, 0) is 17.7 Å². The maximum atomic E-state index is 12.4. The minimum absolute atomic E-state index is 0.145. The van der Waals surface area contributed by atoms with Crippen LogP contribution in [0.1, 0.15) is 11.1 Å². The van der Waals surface area contributed by atoms with Crippen LogP contribution in [0.4, 0.5) is 0 Å². The van der Waals surface area contributed by atoms with E-state index in [0.29, 0.717) is 11.6 Å². The zero-order valence-corrected chi connectivity index (χ0v) is 16.8. The number of carbonyl (C=O) groups excluding carboxylic acids is 1. The molecule has 0 bridgehead atoms. The fourth-order valence-corrected chi connectivity index (χ4v) is 3.11. The summed E-state index contributed by atoms with van der Waals surface area (Å²) in [4.78, 5) is 13.6. The first-order valence-corrected chi connectivity index (χ1v) is 9.57. The molecule has 0 radical (unpaired) electrons. The lowest BCUT2D eigenvalue weighted by atomic mass is 10.1. The Morgan fingerprint density at radius 3 is 2.40 bits per heavy atom. The highest BCUT2D eigenvalue weighted by molar-refractivity contribution is 6.31. The van der Waals surface area contributed by atoms with E-state index >= 15 is 0 Å². The van der Waals surface area contributed by atoms with Crippen LogP contribution in [0.5, 0.6) is 0 Å². The monoisotopic (exact) mass is 415 g/mol. The third kappa shape index (κ3) is 5.14. The molecule has 0 aliphatic heterocycles. The van der Waals surface area contributed by atoms with Crippen molar-refractivity contribution in [3.63, 3.8) is 0 Å². The van der Waals surface area contributed by atoms with Gasteiger partial charge in [0, 0.05) is 28.4 Å². The molecule has 1 amide bonds. The van der Waals surface area contributed by atoms with E-state index in [1.165, 1.54) is 11.0 Å². The first-order chi connectivity index (χ1) is 14.6. The third-order valence-electron chi connectivity index (χ3n) is 4.37. The van der Waals surface area contributed by atoms with Gasteiger partial charge in [0.1, 0.15) is 13.1 Å². The molecule has 1 aromatic heterocycles. The van der Waals surface area contributed by atoms with Crippen LogP contribution < -0.4 is 0 Å². The Morgan fingerprint density at radius 2 is 1.73 bits per heavy atom. The summed E-state index contributed by atoms with van der Waals surface area (Å²) in [6.45, 7) is 0.193. The molecule has 0 aliphatic carbocycles. The van der Waals surface area contributed by atoms with Crippen molar-refractivity contribution in [3.05, 3.63) is 83.0 Å². The molecule has 0 spiro atoms. The summed E-state index contributed by atoms with van der Waals surface area (Å²) in [5, 5.41) is 23.1. The van der Waals surface area contributed by atoms with Gasteiger partial charge in [-0.2, -0.15) is 15.6 Å². The quantitative estimate of drug-likeness (QED) is 0.428. The number of carbonyl (C=O) groups is 1. The van der Waals surface area contributed by atoms with Gasteiger partial charge in [0.25, 0.3) is 0 Å². The topological polar surface area (TPSA) is 85.7 Å². The molecular formula is C23H18ClN5O. The molecule has 0 atom stereocenters. The Hall–Kier alpha value is -3.87. The van der Waals surface area contributed by atoms with E-state index in [1.54, 1.807) is 10.8 Å². The van der Waals surface area contributed by atoms with E-state index in [2.05, 4.69) is 5.10 Å². The van der Waals surface area contributed by atoms with Crippen molar-refractivity contribution >= 4 is 23.6 Å². The number of halogens is 1. The fraction of sp³-hybridized carbons (Fsp3) is 0.130. The van der Waals surface area contributed by atoms with Crippen LogP contribution in [0.25, 0.3) is 17.3 Å². The highest BCUT2D eigenvalue weighted by Gasteiger charge is 2.13. The van der Waals surface area contributed by atoms with E-state index < -0.39 is 5.91 Å². The standard InChI is InChI=1S/C23H18ClN5O/c24-21-9-5-4-8-19(21)16-29-17-20(23(27-29)18-6-2-1-3-7-18)10-11-22(30)28(14-12-25)15-13-26/h1-11,17H,14-16H2/b11-10-. The molecule has 0 saturated heterocycles. The second kappa shape index (κ2) is 10.1. The molecule has 0 unspecified atom stereocenters. The van der Waals surface area contributed by atoms with Crippen LogP contribution in [-0.4, -0.2) is 33.7 Å². The minimum atomic E-state index is -0.407. The van der Waals surface area contributed by atoms with Crippen molar-refractivity contribution in [2.75, 3.05) is 13.1 Å². The predicted molar refractivity (Wildman–Crippen MR) is 115 cm³/mol. The zero-order valence-electron chi connectivity index (χ0n) is 16.1. The van der Waals surface area contributed by atoms with Crippen molar-refractivity contribution in [2.24, 2.45) is 0 Å². The Labute approximate surface area is 179 Å². The van der Waals surface area contributed by atoms with Crippen LogP contribution in [0, 0.1) is 22.7 Å². The van der Waals surface area contributed by atoms with Gasteiger partial charge in [-0.3, -0.25) is 9.48 Å². The van der Waals surface area contributed by atoms with Gasteiger partial charge in [0.05, 0.1) is 24.4 Å². The van der Waals surface area contributed by atoms with Gasteiger partial charge < -0.3 is 4.90 Å². The van der Waals surface area contributed by atoms with Gasteiger partial charge in [0.15, 0.2) is 0 Å². The zero-order chi connectivity index (χ0) is 21.3. The van der Waals surface area contributed by atoms with E-state index in [-0.39, 0.29) is 13.1 Å². The predicted octanol–water partition coefficient (Wildman–Crippen LogP) is 4.14. The molecule has 7 heteroatoms. The second-order valence-electron chi connectivity index (χ2n) is 6.43. The summed E-state index contributed by atoms with van der Waals surface area (Å²) in [5.41, 5.74) is 3.31. The molecule has 3 rings (SSSR count). The summed E-state index contributed by atoms with van der Waals surface area (Å²) in [6, 6.07) is 21.0. The molecule has 0 fully saturated rings. The van der Waals surface area contributed by atoms with Gasteiger partial charge in [-0.15, -0.1) is 0 Å². The van der Waals surface area contributed by atoms with Gasteiger partial charge in [-0.25, -0.2) is 0 Å². The summed E-state index contributed by atoms with van der Waals surface area (Å²) in [5.74, 6) is -0.407. The molecule has 3 aromatic rings. The minimum Gasteiger partial charge on any atom is -0.313 e. The largest absolute Gasteiger partial charge is 0.313 e. The van der Waals surface area contributed by atoms with Crippen LogP contribution in [0.3, 0.4) is 0 Å². The van der Waals surface area contributed by atoms with Crippen molar-refractivity contribution in [3.8, 4) is 23.4 Å². The smallest absolute Gasteiger partial charge is 0.248 e. The number of rotatable bonds is 7. The van der Waals surface area contributed by atoms with Gasteiger partial charge in [0.2, 0.25) is 5.91 Å². The van der Waals surface area contributed by atoms with E-state index in [4.69, 9.17) is 22.1 Å². The third-order valence-corrected chi connectivity index (χ3v) is 4.74. The van der Waals surface area contributed by atoms with Crippen molar-refractivity contribution < 1.29 is 4.79 Å². The Bertz CT molecular complexity index is 1120. The lowest BCUT2D eigenvalue weighted by molar-refractivity contribution is -0.124. The average Bonchev–Trinajstić information content (AvgIpc) is 3.17. The number of amides is 1. The van der Waals surface area contributed by atoms with Crippen LogP contribution >= 0.6 is 11.6 Å². The van der Waals surface area contributed by atoms with Crippen LogP contribution in [-0.2, 0) is 11.3 Å². The number of aromatic nitrogens is 2. The maximum absolute atomic E-state index is 12.4. The highest BCUT2D eigenvalue weighted by atomic mass is 35.5. The highest BCUT2D eigenvalue weighted by Crippen LogP contribution is 2.24. The molecular weight excluding hydrogens is 398 g/mol. The molecule has 0 N–H and O–H groups in total. The molecule has 0 aliphatic rings. The number of nitrogens with zero attached hydrogens (tertiary/aromatic N) is 5. The normalized spacial score (nSPS) is 10.5. The summed E-state index contributed by atoms with van der Waals surface area (Å²) in [6.07, 6.45) is 4.86. The molecule has 6 nitrogen and oxygen atoms in total. The lowest BCUT2D eigenvalue weighted by Crippen LogP contribution is -2.30. The van der Waals surface area contributed by atoms with Crippen molar-refractivity contribution in [1.82, 2.24) is 14.7 Å². The molecule has 148 valence electrons. The summed E-state index contributed by atoms with van der Waals surface area (Å²) >= 11 is 6.28. The summed E-state index contributed by atoms with van der Waals surface area (Å²) in [7, 11) is 0. The van der Waals surface area contributed by atoms with Crippen molar-refractivity contribution in [1.29, 1.82) is 10.5 Å².